The number of hydrogen-bond donors (Lipinski definition) is 1. The molecule has 0 heterocycles. The zero-order chi connectivity index (χ0) is 20.0. The van der Waals surface area contributed by atoms with Gasteiger partial charge in [0.1, 0.15) is 5.75 Å². The molecule has 0 aliphatic heterocycles. The SMILES string of the molecule is CC(C)N(CC[C@H](c1ccccc1)c1cc(C(=O)N=O)ccc1O)C(C)C. The number of phenolic OH excluding ortho intramolecular Hbond substituents is 1. The first-order valence-electron chi connectivity index (χ1n) is 9.36. The van der Waals surface area contributed by atoms with Gasteiger partial charge in [0.2, 0.25) is 0 Å². The van der Waals surface area contributed by atoms with Gasteiger partial charge in [0.05, 0.1) is 0 Å². The number of benzene rings is 2. The Hall–Kier alpha value is -2.53. The highest BCUT2D eigenvalue weighted by Crippen LogP contribution is 2.35. The van der Waals surface area contributed by atoms with E-state index in [9.17, 15) is 14.8 Å². The highest BCUT2D eigenvalue weighted by Gasteiger charge is 2.22. The highest BCUT2D eigenvalue weighted by molar-refractivity contribution is 5.95. The Morgan fingerprint density at radius 3 is 2.22 bits per heavy atom. The van der Waals surface area contributed by atoms with E-state index in [-0.39, 0.29) is 17.2 Å². The summed E-state index contributed by atoms with van der Waals surface area (Å²) in [5.41, 5.74) is 1.90. The van der Waals surface area contributed by atoms with Crippen LogP contribution in [-0.2, 0) is 0 Å². The summed E-state index contributed by atoms with van der Waals surface area (Å²) in [6.07, 6.45) is 0.778. The number of aromatic hydroxyl groups is 1. The lowest BCUT2D eigenvalue weighted by Gasteiger charge is -2.32. The van der Waals surface area contributed by atoms with E-state index in [1.54, 1.807) is 6.07 Å². The number of nitroso groups, excluding NO2 is 1. The van der Waals surface area contributed by atoms with Gasteiger partial charge in [0.15, 0.2) is 0 Å². The van der Waals surface area contributed by atoms with Crippen molar-refractivity contribution in [2.24, 2.45) is 5.18 Å². The van der Waals surface area contributed by atoms with Gasteiger partial charge in [0, 0.05) is 34.3 Å². The molecule has 1 amide bonds. The summed E-state index contributed by atoms with van der Waals surface area (Å²) in [6.45, 7) is 9.53. The molecular formula is C22H28N2O3. The molecule has 0 aliphatic carbocycles. The largest absolute Gasteiger partial charge is 0.508 e. The fourth-order valence-corrected chi connectivity index (χ4v) is 3.60. The van der Waals surface area contributed by atoms with E-state index in [0.717, 1.165) is 18.5 Å². The van der Waals surface area contributed by atoms with Crippen LogP contribution in [0.2, 0.25) is 0 Å². The standard InChI is InChI=1S/C22H28N2O3/c1-15(2)24(16(3)4)13-12-19(17-8-6-5-7-9-17)20-14-18(22(26)23-27)10-11-21(20)25/h5-11,14-16,19,25H,12-13H2,1-4H3/t19-/m1/s1. The zero-order valence-electron chi connectivity index (χ0n) is 16.4. The molecule has 2 rings (SSSR count). The Bertz CT molecular complexity index is 764. The molecule has 5 nitrogen and oxygen atoms in total. The number of carbonyl (C=O) groups excluding carboxylic acids is 1. The molecule has 0 saturated heterocycles. The summed E-state index contributed by atoms with van der Waals surface area (Å²) in [4.78, 5) is 24.7. The molecule has 1 N–H and O–H groups in total. The Balaban J connectivity index is 2.42. The van der Waals surface area contributed by atoms with Crippen LogP contribution in [0.3, 0.4) is 0 Å². The van der Waals surface area contributed by atoms with Crippen molar-refractivity contribution in [3.05, 3.63) is 70.1 Å². The third-order valence-electron chi connectivity index (χ3n) is 4.94. The second kappa shape index (κ2) is 9.42. The lowest BCUT2D eigenvalue weighted by atomic mass is 9.86. The van der Waals surface area contributed by atoms with Crippen LogP contribution in [0.25, 0.3) is 0 Å². The molecular weight excluding hydrogens is 340 g/mol. The van der Waals surface area contributed by atoms with Gasteiger partial charge in [-0.1, -0.05) is 30.3 Å². The monoisotopic (exact) mass is 368 g/mol. The van der Waals surface area contributed by atoms with E-state index in [2.05, 4.69) is 37.8 Å². The van der Waals surface area contributed by atoms with Crippen molar-refractivity contribution in [2.45, 2.75) is 52.1 Å². The predicted molar refractivity (Wildman–Crippen MR) is 108 cm³/mol. The molecule has 0 saturated carbocycles. The number of amides is 1. The number of rotatable bonds is 8. The number of hydrogen-bond acceptors (Lipinski definition) is 4. The maximum absolute atomic E-state index is 11.7. The first-order chi connectivity index (χ1) is 12.8. The summed E-state index contributed by atoms with van der Waals surface area (Å²) in [5, 5.41) is 13.0. The Morgan fingerprint density at radius 2 is 1.67 bits per heavy atom. The van der Waals surface area contributed by atoms with Gasteiger partial charge in [-0.05, 0) is 64.4 Å². The highest BCUT2D eigenvalue weighted by atomic mass is 16.3. The second-order valence-electron chi connectivity index (χ2n) is 7.35. The van der Waals surface area contributed by atoms with Crippen LogP contribution in [0.5, 0.6) is 5.75 Å². The molecule has 27 heavy (non-hydrogen) atoms. The fourth-order valence-electron chi connectivity index (χ4n) is 3.60. The van der Waals surface area contributed by atoms with Crippen molar-refractivity contribution in [2.75, 3.05) is 6.54 Å². The van der Waals surface area contributed by atoms with Crippen LogP contribution in [0.4, 0.5) is 0 Å². The second-order valence-corrected chi connectivity index (χ2v) is 7.35. The van der Waals surface area contributed by atoms with Crippen LogP contribution in [0, 0.1) is 4.91 Å². The smallest absolute Gasteiger partial charge is 0.316 e. The zero-order valence-corrected chi connectivity index (χ0v) is 16.4. The molecule has 0 spiro atoms. The van der Waals surface area contributed by atoms with E-state index in [4.69, 9.17) is 0 Å². The molecule has 0 unspecified atom stereocenters. The van der Waals surface area contributed by atoms with Crippen LogP contribution >= 0.6 is 0 Å². The van der Waals surface area contributed by atoms with Crippen LogP contribution < -0.4 is 0 Å². The van der Waals surface area contributed by atoms with E-state index in [1.807, 2.05) is 30.3 Å². The summed E-state index contributed by atoms with van der Waals surface area (Å²) in [6, 6.07) is 15.2. The van der Waals surface area contributed by atoms with Gasteiger partial charge in [0.25, 0.3) is 0 Å². The van der Waals surface area contributed by atoms with E-state index in [1.165, 1.54) is 12.1 Å². The quantitative estimate of drug-likeness (QED) is 0.670. The minimum atomic E-state index is -0.825. The minimum Gasteiger partial charge on any atom is -0.508 e. The molecule has 0 bridgehead atoms. The fraction of sp³-hybridized carbons (Fsp3) is 0.409. The van der Waals surface area contributed by atoms with Gasteiger partial charge in [-0.3, -0.25) is 9.69 Å². The average Bonchev–Trinajstić information content (AvgIpc) is 2.65. The van der Waals surface area contributed by atoms with Crippen LogP contribution in [0.1, 0.15) is 61.5 Å². The summed E-state index contributed by atoms with van der Waals surface area (Å²) in [7, 11) is 0. The lowest BCUT2D eigenvalue weighted by Crippen LogP contribution is -2.38. The summed E-state index contributed by atoms with van der Waals surface area (Å²) < 4.78 is 0. The molecule has 0 aromatic heterocycles. The third-order valence-corrected chi connectivity index (χ3v) is 4.94. The van der Waals surface area contributed by atoms with E-state index in [0.29, 0.717) is 17.6 Å². The molecule has 0 radical (unpaired) electrons. The van der Waals surface area contributed by atoms with Crippen molar-refractivity contribution in [3.8, 4) is 5.75 Å². The maximum Gasteiger partial charge on any atom is 0.316 e. The summed E-state index contributed by atoms with van der Waals surface area (Å²) >= 11 is 0. The van der Waals surface area contributed by atoms with Gasteiger partial charge in [-0.25, -0.2) is 0 Å². The number of phenols is 1. The Labute approximate surface area is 161 Å². The Kier molecular flexibility index (Phi) is 7.25. The van der Waals surface area contributed by atoms with Gasteiger partial charge >= 0.3 is 5.91 Å². The minimum absolute atomic E-state index is 0.0920. The van der Waals surface area contributed by atoms with Crippen LogP contribution in [-0.4, -0.2) is 34.5 Å². The van der Waals surface area contributed by atoms with Crippen molar-refractivity contribution < 1.29 is 9.90 Å². The topological polar surface area (TPSA) is 70.0 Å². The lowest BCUT2D eigenvalue weighted by molar-refractivity contribution is 0.100. The van der Waals surface area contributed by atoms with Gasteiger partial charge in [-0.15, -0.1) is 4.91 Å². The van der Waals surface area contributed by atoms with Gasteiger partial charge < -0.3 is 5.11 Å². The molecule has 5 heteroatoms. The van der Waals surface area contributed by atoms with Gasteiger partial charge in [-0.2, -0.15) is 0 Å². The van der Waals surface area contributed by atoms with Crippen molar-refractivity contribution in [1.29, 1.82) is 0 Å². The predicted octanol–water partition coefficient (Wildman–Crippen LogP) is 4.94. The first kappa shape index (κ1) is 20.8. The Morgan fingerprint density at radius 1 is 1.04 bits per heavy atom. The average molecular weight is 368 g/mol. The maximum atomic E-state index is 11.7. The third kappa shape index (κ3) is 5.23. The number of nitrogens with zero attached hydrogens (tertiary/aromatic N) is 2. The summed E-state index contributed by atoms with van der Waals surface area (Å²) in [5.74, 6) is -0.799. The molecule has 1 atom stereocenters. The normalized spacial score (nSPS) is 12.6. The van der Waals surface area contributed by atoms with Crippen molar-refractivity contribution in [3.63, 3.8) is 0 Å². The van der Waals surface area contributed by atoms with E-state index >= 15 is 0 Å². The molecule has 2 aromatic carbocycles. The van der Waals surface area contributed by atoms with Crippen molar-refractivity contribution >= 4 is 5.91 Å². The number of carbonyl (C=O) groups is 1. The molecule has 0 fully saturated rings. The molecule has 0 aliphatic rings. The van der Waals surface area contributed by atoms with E-state index < -0.39 is 5.91 Å². The van der Waals surface area contributed by atoms with Crippen LogP contribution in [0.15, 0.2) is 53.7 Å². The molecule has 144 valence electrons. The van der Waals surface area contributed by atoms with Crippen molar-refractivity contribution in [1.82, 2.24) is 4.90 Å². The first-order valence-corrected chi connectivity index (χ1v) is 9.36. The molecule has 2 aromatic rings.